The first-order chi connectivity index (χ1) is 7.66. The zero-order chi connectivity index (χ0) is 11.4. The highest BCUT2D eigenvalue weighted by Gasteiger charge is 2.28. The third kappa shape index (κ3) is 3.35. The van der Waals surface area contributed by atoms with Crippen LogP contribution in [0.1, 0.15) is 32.4 Å². The Morgan fingerprint density at radius 1 is 1.50 bits per heavy atom. The van der Waals surface area contributed by atoms with E-state index in [-0.39, 0.29) is 5.60 Å². The van der Waals surface area contributed by atoms with Gasteiger partial charge in [-0.25, -0.2) is 0 Å². The fourth-order valence-electron chi connectivity index (χ4n) is 2.34. The van der Waals surface area contributed by atoms with Crippen LogP contribution < -0.4 is 5.32 Å². The summed E-state index contributed by atoms with van der Waals surface area (Å²) in [4.78, 5) is 0. The monoisotopic (exact) mass is 223 g/mol. The average molecular weight is 223 g/mol. The van der Waals surface area contributed by atoms with Crippen molar-refractivity contribution in [1.29, 1.82) is 0 Å². The Labute approximate surface area is 97.2 Å². The van der Waals surface area contributed by atoms with E-state index >= 15 is 0 Å². The minimum absolute atomic E-state index is 0.0509. The molecule has 16 heavy (non-hydrogen) atoms. The minimum atomic E-state index is 0.0509. The molecule has 1 aromatic rings. The van der Waals surface area contributed by atoms with Gasteiger partial charge >= 0.3 is 0 Å². The lowest BCUT2D eigenvalue weighted by Gasteiger charge is -2.35. The quantitative estimate of drug-likeness (QED) is 0.852. The molecule has 1 atom stereocenters. The van der Waals surface area contributed by atoms with Gasteiger partial charge in [0.25, 0.3) is 0 Å². The van der Waals surface area contributed by atoms with Crippen LogP contribution in [0.2, 0.25) is 0 Å². The van der Waals surface area contributed by atoms with Gasteiger partial charge in [0.05, 0.1) is 18.4 Å². The van der Waals surface area contributed by atoms with Crippen molar-refractivity contribution in [1.82, 2.24) is 5.32 Å². The largest absolute Gasteiger partial charge is 0.468 e. The van der Waals surface area contributed by atoms with Crippen LogP contribution in [0.3, 0.4) is 0 Å². The van der Waals surface area contributed by atoms with Crippen molar-refractivity contribution in [3.05, 3.63) is 24.2 Å². The van der Waals surface area contributed by atoms with Crippen molar-refractivity contribution in [2.24, 2.45) is 5.92 Å². The lowest BCUT2D eigenvalue weighted by atomic mass is 9.88. The minimum Gasteiger partial charge on any atom is -0.468 e. The van der Waals surface area contributed by atoms with Gasteiger partial charge in [-0.1, -0.05) is 0 Å². The summed E-state index contributed by atoms with van der Waals surface area (Å²) in [6.07, 6.45) is 4.02. The molecule has 1 saturated heterocycles. The predicted molar refractivity (Wildman–Crippen MR) is 63.2 cm³/mol. The maximum absolute atomic E-state index is 5.70. The molecule has 1 fully saturated rings. The molecule has 1 aromatic heterocycles. The van der Waals surface area contributed by atoms with E-state index in [0.717, 1.165) is 44.2 Å². The van der Waals surface area contributed by atoms with Gasteiger partial charge in [-0.05, 0) is 51.3 Å². The van der Waals surface area contributed by atoms with Gasteiger partial charge < -0.3 is 14.5 Å². The molecule has 0 amide bonds. The van der Waals surface area contributed by atoms with Gasteiger partial charge in [-0.15, -0.1) is 0 Å². The van der Waals surface area contributed by atoms with E-state index in [4.69, 9.17) is 9.15 Å². The van der Waals surface area contributed by atoms with Crippen molar-refractivity contribution in [3.63, 3.8) is 0 Å². The number of ether oxygens (including phenoxy) is 1. The second-order valence-electron chi connectivity index (χ2n) is 5.18. The summed E-state index contributed by atoms with van der Waals surface area (Å²) in [5.74, 6) is 1.73. The molecule has 1 aliphatic heterocycles. The van der Waals surface area contributed by atoms with Gasteiger partial charge in [0.2, 0.25) is 0 Å². The number of nitrogens with one attached hydrogen (secondary N) is 1. The summed E-state index contributed by atoms with van der Waals surface area (Å²) < 4.78 is 11.0. The smallest absolute Gasteiger partial charge is 0.117 e. The zero-order valence-electron chi connectivity index (χ0n) is 10.2. The Morgan fingerprint density at radius 3 is 3.06 bits per heavy atom. The molecule has 2 rings (SSSR count). The molecule has 0 radical (unpaired) electrons. The van der Waals surface area contributed by atoms with Gasteiger partial charge in [-0.3, -0.25) is 0 Å². The first kappa shape index (κ1) is 11.7. The van der Waals surface area contributed by atoms with Gasteiger partial charge in [0.1, 0.15) is 5.76 Å². The number of rotatable bonds is 4. The van der Waals surface area contributed by atoms with Crippen LogP contribution in [-0.2, 0) is 11.3 Å². The van der Waals surface area contributed by atoms with E-state index in [9.17, 15) is 0 Å². The van der Waals surface area contributed by atoms with Crippen LogP contribution in [0.15, 0.2) is 22.8 Å². The summed E-state index contributed by atoms with van der Waals surface area (Å²) in [5.41, 5.74) is 0.0509. The molecular weight excluding hydrogens is 202 g/mol. The van der Waals surface area contributed by atoms with E-state index in [1.807, 2.05) is 12.1 Å². The van der Waals surface area contributed by atoms with Gasteiger partial charge in [-0.2, -0.15) is 0 Å². The third-order valence-corrected chi connectivity index (χ3v) is 3.11. The number of hydrogen-bond donors (Lipinski definition) is 1. The second kappa shape index (κ2) is 5.02. The number of furan rings is 1. The molecular formula is C13H21NO2. The highest BCUT2D eigenvalue weighted by atomic mass is 16.5. The highest BCUT2D eigenvalue weighted by molar-refractivity contribution is 4.97. The van der Waals surface area contributed by atoms with Crippen LogP contribution in [0.5, 0.6) is 0 Å². The van der Waals surface area contributed by atoms with Crippen molar-refractivity contribution in [2.75, 3.05) is 13.2 Å². The Hall–Kier alpha value is -0.800. The molecule has 0 saturated carbocycles. The topological polar surface area (TPSA) is 34.4 Å². The Morgan fingerprint density at radius 2 is 2.38 bits per heavy atom. The molecule has 0 aromatic carbocycles. The Balaban J connectivity index is 1.70. The third-order valence-electron chi connectivity index (χ3n) is 3.11. The van der Waals surface area contributed by atoms with E-state index in [1.54, 1.807) is 6.26 Å². The van der Waals surface area contributed by atoms with Crippen molar-refractivity contribution >= 4 is 0 Å². The molecule has 1 unspecified atom stereocenters. The SMILES string of the molecule is CC1(C)CC(CNCc2ccco2)CCO1. The first-order valence-corrected chi connectivity index (χ1v) is 6.03. The lowest BCUT2D eigenvalue weighted by molar-refractivity contribution is -0.0718. The van der Waals surface area contributed by atoms with Crippen LogP contribution >= 0.6 is 0 Å². The van der Waals surface area contributed by atoms with E-state index in [1.165, 1.54) is 0 Å². The van der Waals surface area contributed by atoms with E-state index in [2.05, 4.69) is 19.2 Å². The Kier molecular flexibility index (Phi) is 3.66. The fraction of sp³-hybridized carbons (Fsp3) is 0.692. The standard InChI is InChI=1S/C13H21NO2/c1-13(2)8-11(5-7-16-13)9-14-10-12-4-3-6-15-12/h3-4,6,11,14H,5,7-10H2,1-2H3. The van der Waals surface area contributed by atoms with Gasteiger partial charge in [0, 0.05) is 6.61 Å². The van der Waals surface area contributed by atoms with Crippen LogP contribution in [0.4, 0.5) is 0 Å². The molecule has 1 N–H and O–H groups in total. The number of hydrogen-bond acceptors (Lipinski definition) is 3. The fourth-order valence-corrected chi connectivity index (χ4v) is 2.34. The predicted octanol–water partition coefficient (Wildman–Crippen LogP) is 2.57. The summed E-state index contributed by atoms with van der Waals surface area (Å²) in [7, 11) is 0. The van der Waals surface area contributed by atoms with Crippen molar-refractivity contribution in [2.45, 2.75) is 38.8 Å². The van der Waals surface area contributed by atoms with Crippen LogP contribution in [0.25, 0.3) is 0 Å². The molecule has 0 spiro atoms. The maximum Gasteiger partial charge on any atom is 0.117 e. The molecule has 90 valence electrons. The summed E-state index contributed by atoms with van der Waals surface area (Å²) in [6, 6.07) is 3.93. The highest BCUT2D eigenvalue weighted by Crippen LogP contribution is 2.27. The summed E-state index contributed by atoms with van der Waals surface area (Å²) in [6.45, 7) is 7.11. The molecule has 1 aliphatic rings. The van der Waals surface area contributed by atoms with E-state index in [0.29, 0.717) is 0 Å². The summed E-state index contributed by atoms with van der Waals surface area (Å²) >= 11 is 0. The molecule has 0 aliphatic carbocycles. The van der Waals surface area contributed by atoms with E-state index < -0.39 is 0 Å². The maximum atomic E-state index is 5.70. The lowest BCUT2D eigenvalue weighted by Crippen LogP contribution is -2.37. The van der Waals surface area contributed by atoms with Gasteiger partial charge in [0.15, 0.2) is 0 Å². The first-order valence-electron chi connectivity index (χ1n) is 6.03. The second-order valence-corrected chi connectivity index (χ2v) is 5.18. The zero-order valence-corrected chi connectivity index (χ0v) is 10.2. The average Bonchev–Trinajstić information content (AvgIpc) is 2.69. The molecule has 2 heterocycles. The van der Waals surface area contributed by atoms with Crippen LogP contribution in [0, 0.1) is 5.92 Å². The summed E-state index contributed by atoms with van der Waals surface area (Å²) in [5, 5.41) is 3.45. The molecule has 0 bridgehead atoms. The Bertz CT molecular complexity index is 306. The molecule has 3 heteroatoms. The van der Waals surface area contributed by atoms with Crippen molar-refractivity contribution < 1.29 is 9.15 Å². The van der Waals surface area contributed by atoms with Crippen LogP contribution in [-0.4, -0.2) is 18.8 Å². The molecule has 3 nitrogen and oxygen atoms in total. The normalized spacial score (nSPS) is 24.5. The van der Waals surface area contributed by atoms with Crippen molar-refractivity contribution in [3.8, 4) is 0 Å².